The molecule has 3 N–H and O–H groups in total. The molecule has 0 saturated heterocycles. The topological polar surface area (TPSA) is 95.6 Å². The molecular weight excluding hydrogens is 339 g/mol. The smallest absolute Gasteiger partial charge is 0.270 e. The predicted molar refractivity (Wildman–Crippen MR) is 72.1 cm³/mol. The summed E-state index contributed by atoms with van der Waals surface area (Å²) in [5, 5.41) is 31.5. The zero-order chi connectivity index (χ0) is 13.0. The molecule has 1 atom stereocenters. The van der Waals surface area contributed by atoms with Crippen LogP contribution in [0.2, 0.25) is 0 Å². The molecule has 0 fully saturated rings. The molecule has 0 aliphatic heterocycles. The van der Waals surface area contributed by atoms with Crippen molar-refractivity contribution in [1.29, 1.82) is 0 Å². The van der Waals surface area contributed by atoms with Gasteiger partial charge in [0.1, 0.15) is 0 Å². The first-order valence-corrected chi connectivity index (χ1v) is 6.01. The second-order valence-corrected chi connectivity index (χ2v) is 4.76. The van der Waals surface area contributed by atoms with Gasteiger partial charge in [-0.1, -0.05) is 0 Å². The Balaban J connectivity index is 2.90. The van der Waals surface area contributed by atoms with Gasteiger partial charge in [-0.2, -0.15) is 0 Å². The van der Waals surface area contributed by atoms with E-state index in [0.29, 0.717) is 3.57 Å². The fraction of sp³-hybridized carbons (Fsp3) is 0.400. The Morgan fingerprint density at radius 3 is 2.71 bits per heavy atom. The lowest BCUT2D eigenvalue weighted by Gasteiger charge is -2.14. The highest BCUT2D eigenvalue weighted by Gasteiger charge is 2.13. The van der Waals surface area contributed by atoms with Crippen molar-refractivity contribution >= 4 is 34.0 Å². The van der Waals surface area contributed by atoms with Crippen molar-refractivity contribution in [2.75, 3.05) is 18.5 Å². The maximum Gasteiger partial charge on any atom is 0.270 e. The second-order valence-electron chi connectivity index (χ2n) is 3.59. The minimum absolute atomic E-state index is 0.0418. The number of nitrogens with zero attached hydrogens (tertiary/aromatic N) is 1. The molecule has 1 aromatic carbocycles. The Bertz CT molecular complexity index is 402. The lowest BCUT2D eigenvalue weighted by molar-refractivity contribution is -0.385. The van der Waals surface area contributed by atoms with Gasteiger partial charge in [0.25, 0.3) is 5.69 Å². The van der Waals surface area contributed by atoms with Crippen LogP contribution in [0.15, 0.2) is 12.1 Å². The number of non-ortho nitro benzene ring substituents is 1. The van der Waals surface area contributed by atoms with Gasteiger partial charge >= 0.3 is 0 Å². The molecule has 0 radical (unpaired) electrons. The summed E-state index contributed by atoms with van der Waals surface area (Å²) in [5.74, 6) is 0. The molecule has 6 nitrogen and oxygen atoms in total. The molecule has 0 aromatic heterocycles. The number of nitro groups is 1. The maximum atomic E-state index is 10.6. The number of aryl methyl sites for hydroxylation is 1. The van der Waals surface area contributed by atoms with Crippen molar-refractivity contribution in [3.63, 3.8) is 0 Å². The van der Waals surface area contributed by atoms with Crippen LogP contribution in [0.3, 0.4) is 0 Å². The van der Waals surface area contributed by atoms with Crippen molar-refractivity contribution < 1.29 is 15.1 Å². The molecule has 0 aliphatic rings. The Labute approximate surface area is 112 Å². The molecule has 0 bridgehead atoms. The van der Waals surface area contributed by atoms with Crippen LogP contribution in [0.5, 0.6) is 0 Å². The van der Waals surface area contributed by atoms with Crippen LogP contribution in [0.1, 0.15) is 5.56 Å². The molecule has 1 unspecified atom stereocenters. The average molecular weight is 352 g/mol. The number of anilines is 1. The van der Waals surface area contributed by atoms with Crippen LogP contribution in [-0.2, 0) is 0 Å². The van der Waals surface area contributed by atoms with Gasteiger partial charge in [0.05, 0.1) is 23.3 Å². The van der Waals surface area contributed by atoms with E-state index in [1.165, 1.54) is 12.1 Å². The summed E-state index contributed by atoms with van der Waals surface area (Å²) in [6.07, 6.45) is -0.847. The summed E-state index contributed by atoms with van der Waals surface area (Å²) in [4.78, 5) is 10.2. The fourth-order valence-corrected chi connectivity index (χ4v) is 2.27. The zero-order valence-electron chi connectivity index (χ0n) is 9.18. The van der Waals surface area contributed by atoms with Crippen LogP contribution >= 0.6 is 22.6 Å². The molecule has 1 aromatic rings. The number of nitrogens with one attached hydrogen (secondary N) is 1. The van der Waals surface area contributed by atoms with Crippen LogP contribution in [0.4, 0.5) is 11.4 Å². The molecular formula is C10H13IN2O4. The van der Waals surface area contributed by atoms with Crippen LogP contribution in [0, 0.1) is 20.6 Å². The van der Waals surface area contributed by atoms with Gasteiger partial charge in [0.15, 0.2) is 0 Å². The lowest BCUT2D eigenvalue weighted by atomic mass is 10.1. The second kappa shape index (κ2) is 6.12. The van der Waals surface area contributed by atoms with E-state index in [9.17, 15) is 15.2 Å². The van der Waals surface area contributed by atoms with E-state index in [4.69, 9.17) is 5.11 Å². The van der Waals surface area contributed by atoms with E-state index in [1.54, 1.807) is 6.92 Å². The van der Waals surface area contributed by atoms with Crippen LogP contribution in [0.25, 0.3) is 0 Å². The van der Waals surface area contributed by atoms with Gasteiger partial charge in [0.2, 0.25) is 0 Å². The molecule has 0 saturated carbocycles. The highest BCUT2D eigenvalue weighted by atomic mass is 127. The number of hydrogen-bond acceptors (Lipinski definition) is 5. The lowest BCUT2D eigenvalue weighted by Crippen LogP contribution is -2.23. The standard InChI is InChI=1S/C10H13IN2O4/c1-6-2-7(13(16)17)3-9(11)10(6)12-4-8(15)5-14/h2-3,8,12,14-15H,4-5H2,1H3. The Morgan fingerprint density at radius 1 is 1.59 bits per heavy atom. The number of aliphatic hydroxyl groups is 2. The fourth-order valence-electron chi connectivity index (χ4n) is 1.34. The number of halogens is 1. The predicted octanol–water partition coefficient (Wildman–Crippen LogP) is 1.27. The van der Waals surface area contributed by atoms with E-state index < -0.39 is 11.0 Å². The van der Waals surface area contributed by atoms with Crippen molar-refractivity contribution in [2.24, 2.45) is 0 Å². The largest absolute Gasteiger partial charge is 0.394 e. The summed E-state index contributed by atoms with van der Waals surface area (Å²) in [7, 11) is 0. The van der Waals surface area contributed by atoms with E-state index >= 15 is 0 Å². The van der Waals surface area contributed by atoms with Gasteiger partial charge in [-0.3, -0.25) is 10.1 Å². The minimum Gasteiger partial charge on any atom is -0.394 e. The molecule has 7 heteroatoms. The Kier molecular flexibility index (Phi) is 5.09. The molecule has 0 amide bonds. The van der Waals surface area contributed by atoms with Crippen molar-refractivity contribution in [3.05, 3.63) is 31.4 Å². The van der Waals surface area contributed by atoms with Gasteiger partial charge in [-0.15, -0.1) is 0 Å². The highest BCUT2D eigenvalue weighted by Crippen LogP contribution is 2.27. The summed E-state index contributed by atoms with van der Waals surface area (Å²) in [6, 6.07) is 2.93. The number of hydrogen-bond donors (Lipinski definition) is 3. The molecule has 0 spiro atoms. The van der Waals surface area contributed by atoms with E-state index in [1.807, 2.05) is 22.6 Å². The zero-order valence-corrected chi connectivity index (χ0v) is 11.3. The van der Waals surface area contributed by atoms with E-state index in [0.717, 1.165) is 11.3 Å². The molecule has 94 valence electrons. The van der Waals surface area contributed by atoms with Crippen molar-refractivity contribution in [3.8, 4) is 0 Å². The van der Waals surface area contributed by atoms with Crippen LogP contribution < -0.4 is 5.32 Å². The number of nitro benzene ring substituents is 1. The quantitative estimate of drug-likeness (QED) is 0.422. The van der Waals surface area contributed by atoms with Gasteiger partial charge in [-0.05, 0) is 35.1 Å². The first-order valence-electron chi connectivity index (χ1n) is 4.93. The van der Waals surface area contributed by atoms with Gasteiger partial charge in [0, 0.05) is 22.2 Å². The molecule has 0 heterocycles. The normalized spacial score (nSPS) is 12.2. The maximum absolute atomic E-state index is 10.6. The number of aliphatic hydroxyl groups excluding tert-OH is 2. The Hall–Kier alpha value is -0.930. The number of benzene rings is 1. The van der Waals surface area contributed by atoms with Crippen molar-refractivity contribution in [1.82, 2.24) is 0 Å². The SMILES string of the molecule is Cc1cc([N+](=O)[O-])cc(I)c1NCC(O)CO. The van der Waals surface area contributed by atoms with Crippen LogP contribution in [-0.4, -0.2) is 34.4 Å². The van der Waals surface area contributed by atoms with E-state index in [2.05, 4.69) is 5.32 Å². The molecule has 0 aliphatic carbocycles. The summed E-state index contributed by atoms with van der Waals surface area (Å²) in [5.41, 5.74) is 1.51. The summed E-state index contributed by atoms with van der Waals surface area (Å²) < 4.78 is 0.708. The molecule has 17 heavy (non-hydrogen) atoms. The van der Waals surface area contributed by atoms with Crippen molar-refractivity contribution in [2.45, 2.75) is 13.0 Å². The monoisotopic (exact) mass is 352 g/mol. The van der Waals surface area contributed by atoms with E-state index in [-0.39, 0.29) is 18.8 Å². The Morgan fingerprint density at radius 2 is 2.24 bits per heavy atom. The summed E-state index contributed by atoms with van der Waals surface area (Å²) in [6.45, 7) is 1.63. The highest BCUT2D eigenvalue weighted by molar-refractivity contribution is 14.1. The minimum atomic E-state index is -0.847. The first kappa shape index (κ1) is 14.1. The summed E-state index contributed by atoms with van der Waals surface area (Å²) >= 11 is 1.99. The average Bonchev–Trinajstić information content (AvgIpc) is 2.27. The third kappa shape index (κ3) is 3.79. The van der Waals surface area contributed by atoms with Gasteiger partial charge < -0.3 is 15.5 Å². The van der Waals surface area contributed by atoms with Gasteiger partial charge in [-0.25, -0.2) is 0 Å². The number of rotatable bonds is 5. The third-order valence-corrected chi connectivity index (χ3v) is 3.06. The third-order valence-electron chi connectivity index (χ3n) is 2.21. The first-order chi connectivity index (χ1) is 7.95. The molecule has 1 rings (SSSR count).